The number of hydrogen-bond acceptors (Lipinski definition) is 5. The molecule has 1 heterocycles. The smallest absolute Gasteiger partial charge is 0.494 e. The fourth-order valence-electron chi connectivity index (χ4n) is 3.33. The number of amides is 2. The van der Waals surface area contributed by atoms with E-state index in [2.05, 4.69) is 10.1 Å². The Morgan fingerprint density at radius 1 is 1.06 bits per heavy atom. The summed E-state index contributed by atoms with van der Waals surface area (Å²) in [4.78, 5) is 28.1. The summed E-state index contributed by atoms with van der Waals surface area (Å²) in [6.07, 6.45) is -1.89. The third-order valence-electron chi connectivity index (χ3n) is 5.02. The molecule has 2 aromatic rings. The standard InChI is InChI=1S/C23H23F4N3O4/c1-33-20-8-2-16(14-19(20)24)3-9-22(32)30-12-10-29(11-13-30)15-21(31)28-17-4-6-18(7-5-17)34-23(25,26)27/h2-9,14H,10-13,15H2,1H3,(H,28,31)/b9-3+. The lowest BCUT2D eigenvalue weighted by Gasteiger charge is -2.33. The van der Waals surface area contributed by atoms with Crippen LogP contribution in [0.3, 0.4) is 0 Å². The van der Waals surface area contributed by atoms with Gasteiger partial charge in [-0.2, -0.15) is 0 Å². The molecular formula is C23H23F4N3O4. The average molecular weight is 481 g/mol. The molecule has 1 aliphatic heterocycles. The van der Waals surface area contributed by atoms with Gasteiger partial charge in [0, 0.05) is 37.9 Å². The normalized spacial score (nSPS) is 14.8. The molecule has 0 aromatic heterocycles. The molecule has 34 heavy (non-hydrogen) atoms. The predicted octanol–water partition coefficient (Wildman–Crippen LogP) is 3.53. The summed E-state index contributed by atoms with van der Waals surface area (Å²) in [6.45, 7) is 1.85. The Kier molecular flexibility index (Phi) is 8.11. The monoisotopic (exact) mass is 481 g/mol. The van der Waals surface area contributed by atoms with Gasteiger partial charge in [0.25, 0.3) is 0 Å². The van der Waals surface area contributed by atoms with Crippen LogP contribution in [0.15, 0.2) is 48.5 Å². The molecule has 0 saturated carbocycles. The van der Waals surface area contributed by atoms with Crippen LogP contribution in [-0.4, -0.2) is 67.8 Å². The van der Waals surface area contributed by atoms with Crippen LogP contribution in [0.2, 0.25) is 0 Å². The molecule has 0 unspecified atom stereocenters. The molecule has 182 valence electrons. The lowest BCUT2D eigenvalue weighted by atomic mass is 10.2. The minimum Gasteiger partial charge on any atom is -0.494 e. The quantitative estimate of drug-likeness (QED) is 0.484. The van der Waals surface area contributed by atoms with Crippen molar-refractivity contribution in [1.29, 1.82) is 0 Å². The van der Waals surface area contributed by atoms with Crippen molar-refractivity contribution >= 4 is 23.6 Å². The lowest BCUT2D eigenvalue weighted by Crippen LogP contribution is -2.50. The Bertz CT molecular complexity index is 1030. The highest BCUT2D eigenvalue weighted by atomic mass is 19.4. The van der Waals surface area contributed by atoms with Gasteiger partial charge in [-0.3, -0.25) is 14.5 Å². The Morgan fingerprint density at radius 2 is 1.74 bits per heavy atom. The molecule has 0 aliphatic carbocycles. The van der Waals surface area contributed by atoms with Crippen molar-refractivity contribution in [2.45, 2.75) is 6.36 Å². The second-order valence-electron chi connectivity index (χ2n) is 7.45. The molecule has 0 spiro atoms. The zero-order chi connectivity index (χ0) is 24.7. The fourth-order valence-corrected chi connectivity index (χ4v) is 3.33. The minimum atomic E-state index is -4.78. The maximum absolute atomic E-state index is 13.8. The van der Waals surface area contributed by atoms with E-state index in [1.807, 2.05) is 4.90 Å². The average Bonchev–Trinajstić information content (AvgIpc) is 2.78. The zero-order valence-corrected chi connectivity index (χ0v) is 18.3. The summed E-state index contributed by atoms with van der Waals surface area (Å²) in [7, 11) is 1.37. The molecule has 11 heteroatoms. The molecule has 0 atom stereocenters. The van der Waals surface area contributed by atoms with E-state index >= 15 is 0 Å². The van der Waals surface area contributed by atoms with Crippen molar-refractivity contribution in [3.05, 3.63) is 59.9 Å². The number of carbonyl (C=O) groups excluding carboxylic acids is 2. The summed E-state index contributed by atoms with van der Waals surface area (Å²) in [5, 5.41) is 2.62. The van der Waals surface area contributed by atoms with Gasteiger partial charge in [-0.15, -0.1) is 13.2 Å². The topological polar surface area (TPSA) is 71.1 Å². The molecule has 0 radical (unpaired) electrons. The lowest BCUT2D eigenvalue weighted by molar-refractivity contribution is -0.274. The Balaban J connectivity index is 1.43. The summed E-state index contributed by atoms with van der Waals surface area (Å²) < 4.78 is 59.0. The molecular weight excluding hydrogens is 458 g/mol. The number of methoxy groups -OCH3 is 1. The predicted molar refractivity (Wildman–Crippen MR) is 117 cm³/mol. The van der Waals surface area contributed by atoms with Crippen LogP contribution < -0.4 is 14.8 Å². The Morgan fingerprint density at radius 3 is 2.32 bits per heavy atom. The van der Waals surface area contributed by atoms with Crippen molar-refractivity contribution in [3.63, 3.8) is 0 Å². The van der Waals surface area contributed by atoms with E-state index in [-0.39, 0.29) is 29.9 Å². The van der Waals surface area contributed by atoms with Crippen LogP contribution in [0, 0.1) is 5.82 Å². The molecule has 2 amide bonds. The van der Waals surface area contributed by atoms with Crippen LogP contribution >= 0.6 is 0 Å². The van der Waals surface area contributed by atoms with Crippen molar-refractivity contribution < 1.29 is 36.6 Å². The second-order valence-corrected chi connectivity index (χ2v) is 7.45. The first-order chi connectivity index (χ1) is 16.1. The maximum Gasteiger partial charge on any atom is 0.573 e. The first-order valence-electron chi connectivity index (χ1n) is 10.3. The summed E-state index contributed by atoms with van der Waals surface area (Å²) >= 11 is 0. The SMILES string of the molecule is COc1ccc(/C=C/C(=O)N2CCN(CC(=O)Nc3ccc(OC(F)(F)F)cc3)CC2)cc1F. The zero-order valence-electron chi connectivity index (χ0n) is 18.3. The molecule has 3 rings (SSSR count). The van der Waals surface area contributed by atoms with Gasteiger partial charge in [0.2, 0.25) is 11.8 Å². The van der Waals surface area contributed by atoms with Gasteiger partial charge < -0.3 is 19.7 Å². The Labute approximate surface area is 193 Å². The number of piperazine rings is 1. The van der Waals surface area contributed by atoms with Crippen molar-refractivity contribution in [3.8, 4) is 11.5 Å². The second kappa shape index (κ2) is 11.0. The highest BCUT2D eigenvalue weighted by molar-refractivity contribution is 5.93. The number of anilines is 1. The Hall–Kier alpha value is -3.60. The third kappa shape index (κ3) is 7.48. The van der Waals surface area contributed by atoms with Crippen LogP contribution in [0.4, 0.5) is 23.2 Å². The van der Waals surface area contributed by atoms with Gasteiger partial charge in [-0.05, 0) is 48.0 Å². The number of nitrogens with zero attached hydrogens (tertiary/aromatic N) is 2. The van der Waals surface area contributed by atoms with Crippen molar-refractivity contribution in [2.24, 2.45) is 0 Å². The maximum atomic E-state index is 13.8. The number of hydrogen-bond donors (Lipinski definition) is 1. The van der Waals surface area contributed by atoms with E-state index in [1.165, 1.54) is 43.5 Å². The third-order valence-corrected chi connectivity index (χ3v) is 5.02. The van der Waals surface area contributed by atoms with Gasteiger partial charge in [0.15, 0.2) is 11.6 Å². The van der Waals surface area contributed by atoms with Crippen molar-refractivity contribution in [1.82, 2.24) is 9.80 Å². The van der Waals surface area contributed by atoms with Crippen LogP contribution in [0.1, 0.15) is 5.56 Å². The van der Waals surface area contributed by atoms with Crippen LogP contribution in [0.25, 0.3) is 6.08 Å². The number of alkyl halides is 3. The first kappa shape index (κ1) is 25.0. The number of carbonyl (C=O) groups is 2. The van der Waals surface area contributed by atoms with E-state index in [1.54, 1.807) is 11.0 Å². The van der Waals surface area contributed by atoms with E-state index in [0.29, 0.717) is 37.4 Å². The van der Waals surface area contributed by atoms with E-state index in [9.17, 15) is 27.2 Å². The summed E-state index contributed by atoms with van der Waals surface area (Å²) in [6, 6.07) is 9.25. The largest absolute Gasteiger partial charge is 0.573 e. The van der Waals surface area contributed by atoms with Gasteiger partial charge in [0.05, 0.1) is 13.7 Å². The van der Waals surface area contributed by atoms with Gasteiger partial charge in [-0.1, -0.05) is 6.07 Å². The van der Waals surface area contributed by atoms with E-state index in [0.717, 1.165) is 12.1 Å². The summed E-state index contributed by atoms with van der Waals surface area (Å²) in [5.74, 6) is -1.32. The fraction of sp³-hybridized carbons (Fsp3) is 0.304. The van der Waals surface area contributed by atoms with Crippen molar-refractivity contribution in [2.75, 3.05) is 45.2 Å². The minimum absolute atomic E-state index is 0.0732. The van der Waals surface area contributed by atoms with E-state index < -0.39 is 12.2 Å². The molecule has 1 fully saturated rings. The molecule has 7 nitrogen and oxygen atoms in total. The molecule has 1 aliphatic rings. The number of nitrogens with one attached hydrogen (secondary N) is 1. The molecule has 1 N–H and O–H groups in total. The molecule has 1 saturated heterocycles. The van der Waals surface area contributed by atoms with Gasteiger partial charge in [0.1, 0.15) is 5.75 Å². The van der Waals surface area contributed by atoms with Gasteiger partial charge in [-0.25, -0.2) is 4.39 Å². The number of ether oxygens (including phenoxy) is 2. The molecule has 0 bridgehead atoms. The summed E-state index contributed by atoms with van der Waals surface area (Å²) in [5.41, 5.74) is 0.869. The van der Waals surface area contributed by atoms with E-state index in [4.69, 9.17) is 4.74 Å². The highest BCUT2D eigenvalue weighted by Gasteiger charge is 2.31. The van der Waals surface area contributed by atoms with Gasteiger partial charge >= 0.3 is 6.36 Å². The number of halogens is 4. The highest BCUT2D eigenvalue weighted by Crippen LogP contribution is 2.24. The molecule has 2 aromatic carbocycles. The number of rotatable bonds is 7. The number of benzene rings is 2. The van der Waals surface area contributed by atoms with Crippen LogP contribution in [0.5, 0.6) is 11.5 Å². The van der Waals surface area contributed by atoms with Crippen LogP contribution in [-0.2, 0) is 9.59 Å². The first-order valence-corrected chi connectivity index (χ1v) is 10.3.